The molecule has 9 N–H and O–H groups in total. The summed E-state index contributed by atoms with van der Waals surface area (Å²) in [5.74, 6) is 5.65. The molecule has 0 spiro atoms. The van der Waals surface area contributed by atoms with Crippen molar-refractivity contribution in [1.82, 2.24) is 88.6 Å². The number of hydrogen-bond donors (Lipinski definition) is 9. The van der Waals surface area contributed by atoms with Crippen molar-refractivity contribution in [2.75, 3.05) is 68.5 Å². The smallest absolute Gasteiger partial charge is 0.230 e. The summed E-state index contributed by atoms with van der Waals surface area (Å²) in [6.45, 7) is 22.7. The Morgan fingerprint density at radius 3 is 1.18 bits per heavy atom. The predicted octanol–water partition coefficient (Wildman–Crippen LogP) is 13.6. The predicted molar refractivity (Wildman–Crippen MR) is 442 cm³/mol. The Bertz CT molecular complexity index is 5130. The zero-order valence-electron chi connectivity index (χ0n) is 66.1. The van der Waals surface area contributed by atoms with Crippen LogP contribution in [-0.4, -0.2) is 176 Å². The molecule has 3 fully saturated rings. The Balaban J connectivity index is 0.000000125. The van der Waals surface area contributed by atoms with Gasteiger partial charge in [-0.15, -0.1) is 0 Å². The minimum Gasteiger partial charge on any atom is -0.410 e. The fraction of sp³-hybridized carbons (Fsp3) is 0.488. The molecule has 3 aliphatic heterocycles. The normalized spacial score (nSPS) is 22.2. The molecule has 0 saturated heterocycles. The number of carbonyl (C=O) groups is 1. The van der Waals surface area contributed by atoms with E-state index in [0.29, 0.717) is 116 Å². The molecule has 12 aromatic rings. The summed E-state index contributed by atoms with van der Waals surface area (Å²) in [7, 11) is -1.66. The Morgan fingerprint density at radius 2 is 0.832 bits per heavy atom. The lowest BCUT2D eigenvalue weighted by molar-refractivity contribution is -0.109. The van der Waals surface area contributed by atoms with Crippen LogP contribution in [0.2, 0.25) is 18.1 Å². The van der Waals surface area contributed by atoms with Crippen LogP contribution in [0.25, 0.3) is 65.8 Å². The Hall–Kier alpha value is -9.53. The van der Waals surface area contributed by atoms with Crippen LogP contribution >= 0.6 is 0 Å². The first-order valence-electron chi connectivity index (χ1n) is 40.3. The van der Waals surface area contributed by atoms with E-state index in [4.69, 9.17) is 19.4 Å². The molecule has 0 radical (unpaired) electrons. The van der Waals surface area contributed by atoms with Crippen LogP contribution < -0.4 is 21.3 Å². The number of aliphatic hydroxyl groups excluding tert-OH is 5. The van der Waals surface area contributed by atoms with Crippen molar-refractivity contribution in [1.29, 1.82) is 0 Å². The number of rotatable bonds is 16. The molecule has 113 heavy (non-hydrogen) atoms. The number of β-amino-alcohol motifs (C(OH)–C–C–N with tert-alkyl or cyclic N) is 5. The zero-order valence-corrected chi connectivity index (χ0v) is 67.1. The van der Waals surface area contributed by atoms with Crippen molar-refractivity contribution in [3.05, 3.63) is 144 Å². The molecule has 0 aromatic carbocycles. The lowest BCUT2D eigenvalue weighted by Crippen LogP contribution is -2.41. The number of carbonyl (C=O) groups excluding carboxylic acids is 1. The van der Waals surface area contributed by atoms with Gasteiger partial charge in [0, 0.05) is 140 Å². The molecule has 0 amide bonds. The first-order valence-corrected chi connectivity index (χ1v) is 43.2. The third-order valence-electron chi connectivity index (χ3n) is 24.2. The van der Waals surface area contributed by atoms with Gasteiger partial charge in [-0.1, -0.05) is 59.7 Å². The maximum atomic E-state index is 10.6. The van der Waals surface area contributed by atoms with Gasteiger partial charge in [-0.25, -0.2) is 29.9 Å². The van der Waals surface area contributed by atoms with Gasteiger partial charge in [0.1, 0.15) is 59.0 Å². The van der Waals surface area contributed by atoms with E-state index in [0.717, 1.165) is 152 Å². The molecule has 12 aromatic heterocycles. The molecule has 18 rings (SSSR count). The van der Waals surface area contributed by atoms with E-state index in [9.17, 15) is 30.3 Å². The van der Waals surface area contributed by atoms with Crippen LogP contribution in [-0.2, 0) is 28.9 Å². The summed E-state index contributed by atoms with van der Waals surface area (Å²) < 4.78 is 12.6. The van der Waals surface area contributed by atoms with E-state index in [2.05, 4.69) is 141 Å². The lowest BCUT2D eigenvalue weighted by Gasteiger charge is -2.35. The number of fused-ring (bicyclic) bond motifs is 12. The SMILES string of the molecule is CC(C)(C)[Si](C)(C)OCC=O.CC1CCC(n2c3cnccc3c3cnc(Nc4ccc5c(n4)C(O)CN(CCO)C5)nc32)CC1.CC1CCC(n2c3cnccc3c3cnc(Nc4ccc5c(n4)C(O)CN(CCO)C5)nc32)CC1.CC1CCC(n2c3cnccc3c3cnc(Nc4ccc5c(n4)C(O)CNC5)nc32)CC1. The highest BCUT2D eigenvalue weighted by molar-refractivity contribution is 6.74. The van der Waals surface area contributed by atoms with Gasteiger partial charge < -0.3 is 69.7 Å². The monoisotopic (exact) mass is 1550 g/mol. The molecule has 15 heterocycles. The van der Waals surface area contributed by atoms with Crippen molar-refractivity contribution in [2.24, 2.45) is 17.8 Å². The molecule has 3 atom stereocenters. The summed E-state index contributed by atoms with van der Waals surface area (Å²) in [5, 5.41) is 69.6. The minimum absolute atomic E-state index is 0.0711. The van der Waals surface area contributed by atoms with Crippen molar-refractivity contribution >= 4 is 116 Å². The van der Waals surface area contributed by atoms with Crippen molar-refractivity contribution in [3.63, 3.8) is 0 Å². The molecular weight excluding hydrogens is 1440 g/mol. The highest BCUT2D eigenvalue weighted by atomic mass is 28.4. The van der Waals surface area contributed by atoms with Crippen LogP contribution in [0.15, 0.2) is 110 Å². The van der Waals surface area contributed by atoms with Gasteiger partial charge in [-0.2, -0.15) is 15.0 Å². The summed E-state index contributed by atoms with van der Waals surface area (Å²) in [5.41, 5.74) is 11.1. The second-order valence-electron chi connectivity index (χ2n) is 33.3. The fourth-order valence-electron chi connectivity index (χ4n) is 16.9. The molecule has 3 aliphatic carbocycles. The van der Waals surface area contributed by atoms with E-state index in [1.807, 2.05) is 114 Å². The molecular formula is C84H107N21O7Si. The number of nitrogens with zero attached hydrogens (tertiary/aromatic N) is 17. The van der Waals surface area contributed by atoms with E-state index in [1.54, 1.807) is 0 Å². The quantitative estimate of drug-likeness (QED) is 0.0320. The van der Waals surface area contributed by atoms with Crippen LogP contribution in [0.4, 0.5) is 35.3 Å². The molecule has 28 nitrogen and oxygen atoms in total. The fourth-order valence-corrected chi connectivity index (χ4v) is 17.9. The molecule has 594 valence electrons. The van der Waals surface area contributed by atoms with Gasteiger partial charge in [0.15, 0.2) is 8.32 Å². The Kier molecular flexibility index (Phi) is 23.9. The van der Waals surface area contributed by atoms with Gasteiger partial charge in [0.2, 0.25) is 17.8 Å². The average Bonchev–Trinajstić information content (AvgIpc) is 1.60. The first kappa shape index (κ1) is 78.7. The second-order valence-corrected chi connectivity index (χ2v) is 38.1. The molecule has 3 saturated carbocycles. The zero-order chi connectivity index (χ0) is 78.7. The van der Waals surface area contributed by atoms with E-state index in [-0.39, 0.29) is 24.9 Å². The van der Waals surface area contributed by atoms with E-state index in [1.165, 1.54) is 38.5 Å². The van der Waals surface area contributed by atoms with Crippen LogP contribution in [0.3, 0.4) is 0 Å². The van der Waals surface area contributed by atoms with Gasteiger partial charge in [-0.05, 0) is 166 Å². The number of nitrogens with one attached hydrogen (secondary N) is 4. The van der Waals surface area contributed by atoms with Crippen molar-refractivity contribution in [3.8, 4) is 0 Å². The molecule has 29 heteroatoms. The van der Waals surface area contributed by atoms with Gasteiger partial charge in [-0.3, -0.25) is 24.8 Å². The number of pyridine rings is 6. The number of anilines is 6. The number of hydrogen-bond acceptors (Lipinski definition) is 25. The topological polar surface area (TPSA) is 352 Å². The standard InChI is InChI=1S/2C26H31N7O2.C24H27N7O.C8H18O2Si/c2*1-16-2-5-18(6-3-16)33-21-13-27-9-8-19(21)20-12-28-26(31-25(20)33)30-23-7-4-17-14-32(10-11-34)15-22(35)24(17)29-23;1-14-2-5-16(6-3-14)31-19-12-25-9-8-17(19)18-11-27-24(30-23(18)31)29-21-7-4-15-10-26-13-20(32)22(15)28-21;1-8(2,3)11(4,5)10-7-6-9/h2*4,7-9,12-13,16,18,22,34-35H,2-3,5-6,10-11,14-15H2,1H3,(H,28,29,30,31);4,7-9,11-12,14,16,20,26,32H,2-3,5-6,10,13H2,1H3,(H,27,28,29,30);6H,7H2,1-5H3. The first-order chi connectivity index (χ1) is 54.7. The summed E-state index contributed by atoms with van der Waals surface area (Å²) in [4.78, 5) is 69.9. The number of aldehydes is 1. The average molecular weight is 1550 g/mol. The third kappa shape index (κ3) is 17.2. The van der Waals surface area contributed by atoms with Crippen LogP contribution in [0.1, 0.15) is 189 Å². The van der Waals surface area contributed by atoms with Gasteiger partial charge in [0.25, 0.3) is 0 Å². The third-order valence-corrected chi connectivity index (χ3v) is 28.7. The molecule has 0 bridgehead atoms. The molecule has 3 unspecified atom stereocenters. The highest BCUT2D eigenvalue weighted by Gasteiger charge is 2.37. The van der Waals surface area contributed by atoms with Crippen molar-refractivity contribution < 1.29 is 34.8 Å². The van der Waals surface area contributed by atoms with Gasteiger partial charge in [0.05, 0.1) is 72.0 Å². The summed E-state index contributed by atoms with van der Waals surface area (Å²) in [6.07, 6.45) is 30.0. The van der Waals surface area contributed by atoms with E-state index < -0.39 is 26.6 Å². The number of aromatic nitrogens is 15. The van der Waals surface area contributed by atoms with Crippen LogP contribution in [0, 0.1) is 17.8 Å². The molecule has 6 aliphatic rings. The summed E-state index contributed by atoms with van der Waals surface area (Å²) >= 11 is 0. The van der Waals surface area contributed by atoms with Crippen molar-refractivity contribution in [2.45, 2.75) is 193 Å². The summed E-state index contributed by atoms with van der Waals surface area (Å²) in [6, 6.07) is 19.0. The maximum absolute atomic E-state index is 10.6. The van der Waals surface area contributed by atoms with Gasteiger partial charge >= 0.3 is 0 Å². The minimum atomic E-state index is -1.66. The maximum Gasteiger partial charge on any atom is 0.230 e. The van der Waals surface area contributed by atoms with Crippen LogP contribution in [0.5, 0.6) is 0 Å². The highest BCUT2D eigenvalue weighted by Crippen LogP contribution is 2.43. The largest absolute Gasteiger partial charge is 0.410 e. The van der Waals surface area contributed by atoms with E-state index >= 15 is 0 Å². The Labute approximate surface area is 658 Å². The number of aliphatic hydroxyl groups is 5. The second kappa shape index (κ2) is 34.3. The lowest BCUT2D eigenvalue weighted by atomic mass is 9.87. The Morgan fingerprint density at radius 1 is 0.478 bits per heavy atom.